The molecule has 38 heavy (non-hydrogen) atoms. The van der Waals surface area contributed by atoms with Gasteiger partial charge in [0.25, 0.3) is 0 Å². The lowest BCUT2D eigenvalue weighted by Gasteiger charge is -2.26. The van der Waals surface area contributed by atoms with Crippen molar-refractivity contribution in [3.63, 3.8) is 0 Å². The van der Waals surface area contributed by atoms with E-state index in [2.05, 4.69) is 21.3 Å². The number of aryl methyl sites for hydroxylation is 1. The van der Waals surface area contributed by atoms with E-state index in [-0.39, 0.29) is 71.8 Å². The average molecular weight is 574 g/mol. The average Bonchev–Trinajstić information content (AvgIpc) is 2.88. The highest BCUT2D eigenvalue weighted by molar-refractivity contribution is 6.33. The highest BCUT2D eigenvalue weighted by Crippen LogP contribution is 2.40. The van der Waals surface area contributed by atoms with Gasteiger partial charge in [-0.25, -0.2) is 0 Å². The summed E-state index contributed by atoms with van der Waals surface area (Å²) in [5.74, 6) is -0.930. The Labute approximate surface area is 235 Å². The van der Waals surface area contributed by atoms with Gasteiger partial charge in [0.05, 0.1) is 29.9 Å². The summed E-state index contributed by atoms with van der Waals surface area (Å²) in [6, 6.07) is 6.70. The first-order valence-corrected chi connectivity index (χ1v) is 12.3. The fraction of sp³-hybridized carbons (Fsp3) is 0.462. The maximum absolute atomic E-state index is 13.9. The highest BCUT2D eigenvalue weighted by atomic mass is 35.5. The minimum atomic E-state index is -0.404. The summed E-state index contributed by atoms with van der Waals surface area (Å²) in [6.07, 6.45) is 1.21. The van der Waals surface area contributed by atoms with E-state index in [0.717, 1.165) is 0 Å². The number of ketones is 2. The number of halogens is 2. The number of nitrogens with one attached hydrogen (secondary N) is 4. The fourth-order valence-electron chi connectivity index (χ4n) is 4.34. The van der Waals surface area contributed by atoms with Crippen molar-refractivity contribution in [2.75, 3.05) is 76.8 Å². The molecule has 10 nitrogen and oxygen atoms in total. The summed E-state index contributed by atoms with van der Waals surface area (Å²) in [5, 5.41) is 41.1. The molecule has 12 heteroatoms. The Bertz CT molecular complexity index is 1070. The van der Waals surface area contributed by atoms with Gasteiger partial charge in [0, 0.05) is 69.9 Å². The zero-order valence-corrected chi connectivity index (χ0v) is 23.1. The van der Waals surface area contributed by atoms with Crippen molar-refractivity contribution in [3.8, 4) is 5.75 Å². The Kier molecular flexibility index (Phi) is 15.2. The van der Waals surface area contributed by atoms with Crippen molar-refractivity contribution in [2.24, 2.45) is 0 Å². The van der Waals surface area contributed by atoms with E-state index in [1.165, 1.54) is 6.07 Å². The number of hydrogen-bond donors (Lipinski definition) is 7. The van der Waals surface area contributed by atoms with Crippen LogP contribution in [0.5, 0.6) is 5.75 Å². The summed E-state index contributed by atoms with van der Waals surface area (Å²) in [5.41, 5.74) is 2.53. The quantitative estimate of drug-likeness (QED) is 0.126. The number of carbonyl (C=O) groups excluding carboxylic acids is 2. The molecule has 0 radical (unpaired) electrons. The number of carbonyl (C=O) groups is 2. The molecule has 0 bridgehead atoms. The third-order valence-corrected chi connectivity index (χ3v) is 5.99. The van der Waals surface area contributed by atoms with E-state index in [1.54, 1.807) is 25.3 Å². The predicted molar refractivity (Wildman–Crippen MR) is 153 cm³/mol. The topological polar surface area (TPSA) is 152 Å². The smallest absolute Gasteiger partial charge is 0.200 e. The van der Waals surface area contributed by atoms with Crippen LogP contribution in [-0.4, -0.2) is 93.1 Å². The third-order valence-electron chi connectivity index (χ3n) is 5.99. The van der Waals surface area contributed by atoms with Gasteiger partial charge in [0.1, 0.15) is 5.75 Å². The van der Waals surface area contributed by atoms with Crippen LogP contribution < -0.4 is 21.3 Å². The van der Waals surface area contributed by atoms with Crippen LogP contribution in [0.1, 0.15) is 43.8 Å². The minimum Gasteiger partial charge on any atom is -0.507 e. The van der Waals surface area contributed by atoms with Gasteiger partial charge in [0.2, 0.25) is 0 Å². The number of rotatable bonds is 16. The molecular weight excluding hydrogens is 535 g/mol. The number of aliphatic hydroxyl groups is 2. The second-order valence-corrected chi connectivity index (χ2v) is 8.46. The van der Waals surface area contributed by atoms with Crippen LogP contribution in [0, 0.1) is 0 Å². The number of aromatic hydroxyl groups is 1. The molecule has 0 atom stereocenters. The Balaban J connectivity index is 0.00000361. The minimum absolute atomic E-state index is 0. The zero-order chi connectivity index (χ0) is 25.9. The molecule has 7 N–H and O–H groups in total. The molecule has 0 saturated carbocycles. The number of phenolic OH excluding ortho intramolecular Hbond substituents is 1. The first-order valence-electron chi connectivity index (χ1n) is 12.3. The maximum Gasteiger partial charge on any atom is 0.200 e. The summed E-state index contributed by atoms with van der Waals surface area (Å²) >= 11 is 0. The summed E-state index contributed by atoms with van der Waals surface area (Å²) in [7, 11) is 1.61. The van der Waals surface area contributed by atoms with Crippen LogP contribution in [0.15, 0.2) is 24.3 Å². The summed E-state index contributed by atoms with van der Waals surface area (Å²) in [6.45, 7) is 3.56. The van der Waals surface area contributed by atoms with Crippen molar-refractivity contribution in [3.05, 3.63) is 52.1 Å². The van der Waals surface area contributed by atoms with Gasteiger partial charge < -0.3 is 41.3 Å². The second kappa shape index (κ2) is 17.2. The SMILES string of the molecule is COCCCc1ccc(O)c2c1C(=O)c1c(NCCNCCO)ccc(NCCNCCO)c1C2=O.Cl.Cl. The van der Waals surface area contributed by atoms with Gasteiger partial charge in [-0.2, -0.15) is 0 Å². The Morgan fingerprint density at radius 1 is 0.711 bits per heavy atom. The maximum atomic E-state index is 13.9. The number of benzene rings is 2. The van der Waals surface area contributed by atoms with Crippen LogP contribution in [0.4, 0.5) is 11.4 Å². The summed E-state index contributed by atoms with van der Waals surface area (Å²) < 4.78 is 5.14. The monoisotopic (exact) mass is 572 g/mol. The number of fused-ring (bicyclic) bond motifs is 2. The first kappa shape index (κ1) is 33.6. The lowest BCUT2D eigenvalue weighted by atomic mass is 9.79. The van der Waals surface area contributed by atoms with E-state index >= 15 is 0 Å². The van der Waals surface area contributed by atoms with Gasteiger partial charge in [-0.3, -0.25) is 9.59 Å². The van der Waals surface area contributed by atoms with Crippen LogP contribution >= 0.6 is 24.8 Å². The van der Waals surface area contributed by atoms with Gasteiger partial charge in [0.15, 0.2) is 11.6 Å². The van der Waals surface area contributed by atoms with Gasteiger partial charge in [-0.1, -0.05) is 6.07 Å². The molecule has 0 unspecified atom stereocenters. The summed E-state index contributed by atoms with van der Waals surface area (Å²) in [4.78, 5) is 27.7. The molecule has 0 heterocycles. The van der Waals surface area contributed by atoms with E-state index in [4.69, 9.17) is 14.9 Å². The molecule has 2 aromatic carbocycles. The van der Waals surface area contributed by atoms with Crippen LogP contribution in [0.2, 0.25) is 0 Å². The Hall–Kier alpha value is -2.44. The van der Waals surface area contributed by atoms with E-state index < -0.39 is 5.78 Å². The van der Waals surface area contributed by atoms with Crippen molar-refractivity contribution in [1.82, 2.24) is 10.6 Å². The molecule has 3 rings (SSSR count). The number of phenols is 1. The molecule has 2 aromatic rings. The normalized spacial score (nSPS) is 11.8. The number of anilines is 2. The van der Waals surface area contributed by atoms with Gasteiger partial charge in [-0.05, 0) is 36.6 Å². The Morgan fingerprint density at radius 2 is 1.24 bits per heavy atom. The molecule has 0 fully saturated rings. The van der Waals surface area contributed by atoms with E-state index in [9.17, 15) is 14.7 Å². The molecule has 0 saturated heterocycles. The molecular formula is C26H38Cl2N4O6. The number of hydrogen-bond acceptors (Lipinski definition) is 10. The van der Waals surface area contributed by atoms with Crippen LogP contribution in [0.25, 0.3) is 0 Å². The molecule has 1 aliphatic rings. The molecule has 0 amide bonds. The highest BCUT2D eigenvalue weighted by Gasteiger charge is 2.37. The molecule has 0 aromatic heterocycles. The molecule has 212 valence electrons. The lowest BCUT2D eigenvalue weighted by Crippen LogP contribution is -2.29. The standard InChI is InChI=1S/C26H36N4O6.2ClH/c1-36-16-2-3-17-4-7-20(33)24-21(17)25(34)22-18(29-10-8-27-12-14-31)5-6-19(23(22)26(24)35)30-11-9-28-13-15-32;;/h4-7,27-33H,2-3,8-16H2,1H3;2*1H. The van der Waals surface area contributed by atoms with E-state index in [1.807, 2.05) is 0 Å². The number of ether oxygens (including phenoxy) is 1. The van der Waals surface area contributed by atoms with E-state index in [0.29, 0.717) is 75.7 Å². The largest absolute Gasteiger partial charge is 0.507 e. The van der Waals surface area contributed by atoms with Crippen molar-refractivity contribution in [1.29, 1.82) is 0 Å². The van der Waals surface area contributed by atoms with Crippen LogP contribution in [0.3, 0.4) is 0 Å². The van der Waals surface area contributed by atoms with Gasteiger partial charge >= 0.3 is 0 Å². The molecule has 1 aliphatic carbocycles. The second-order valence-electron chi connectivity index (χ2n) is 8.46. The number of aliphatic hydroxyl groups excluding tert-OH is 2. The zero-order valence-electron chi connectivity index (χ0n) is 21.5. The fourth-order valence-corrected chi connectivity index (χ4v) is 4.34. The number of methoxy groups -OCH3 is 1. The molecule has 0 spiro atoms. The van der Waals surface area contributed by atoms with Crippen LogP contribution in [-0.2, 0) is 11.2 Å². The lowest BCUT2D eigenvalue weighted by molar-refractivity contribution is 0.0976. The third kappa shape index (κ3) is 8.03. The van der Waals surface area contributed by atoms with Crippen molar-refractivity contribution in [2.45, 2.75) is 12.8 Å². The molecule has 0 aliphatic heterocycles. The predicted octanol–water partition coefficient (Wildman–Crippen LogP) is 1.58. The van der Waals surface area contributed by atoms with Crippen molar-refractivity contribution >= 4 is 47.8 Å². The van der Waals surface area contributed by atoms with Gasteiger partial charge in [-0.15, -0.1) is 24.8 Å². The Morgan fingerprint density at radius 3 is 1.74 bits per heavy atom. The van der Waals surface area contributed by atoms with Crippen molar-refractivity contribution < 1.29 is 29.6 Å². The first-order chi connectivity index (χ1) is 17.5.